The van der Waals surface area contributed by atoms with Crippen LogP contribution in [-0.4, -0.2) is 15.3 Å². The van der Waals surface area contributed by atoms with Crippen LogP contribution in [0.25, 0.3) is 0 Å². The summed E-state index contributed by atoms with van der Waals surface area (Å²) in [6.45, 7) is 1.91. The number of aryl methyl sites for hydroxylation is 3. The van der Waals surface area contributed by atoms with Crippen molar-refractivity contribution >= 4 is 11.5 Å². The molecule has 2 N–H and O–H groups in total. The SMILES string of the molecule is Cc1cc(C(=O)CCc2nccn2C)ccc1N. The van der Waals surface area contributed by atoms with E-state index in [1.807, 2.05) is 30.8 Å². The van der Waals surface area contributed by atoms with Crippen molar-refractivity contribution in [3.63, 3.8) is 0 Å². The topological polar surface area (TPSA) is 60.9 Å². The summed E-state index contributed by atoms with van der Waals surface area (Å²) in [4.78, 5) is 16.2. The largest absolute Gasteiger partial charge is 0.399 e. The molecule has 0 fully saturated rings. The first-order chi connectivity index (χ1) is 8.58. The molecule has 1 heterocycles. The Kier molecular flexibility index (Phi) is 3.46. The van der Waals surface area contributed by atoms with Gasteiger partial charge >= 0.3 is 0 Å². The second kappa shape index (κ2) is 5.04. The Labute approximate surface area is 106 Å². The van der Waals surface area contributed by atoms with E-state index in [0.29, 0.717) is 12.8 Å². The summed E-state index contributed by atoms with van der Waals surface area (Å²) in [5, 5.41) is 0. The highest BCUT2D eigenvalue weighted by atomic mass is 16.1. The lowest BCUT2D eigenvalue weighted by molar-refractivity contribution is 0.0982. The third-order valence-electron chi connectivity index (χ3n) is 3.09. The van der Waals surface area contributed by atoms with Crippen LogP contribution in [-0.2, 0) is 13.5 Å². The van der Waals surface area contributed by atoms with E-state index in [1.165, 1.54) is 0 Å². The van der Waals surface area contributed by atoms with Gasteiger partial charge in [-0.3, -0.25) is 4.79 Å². The Hall–Kier alpha value is -2.10. The highest BCUT2D eigenvalue weighted by Crippen LogP contribution is 2.14. The molecular weight excluding hydrogens is 226 g/mol. The Morgan fingerprint density at radius 2 is 2.22 bits per heavy atom. The molecule has 1 aromatic heterocycles. The van der Waals surface area contributed by atoms with Crippen molar-refractivity contribution in [1.29, 1.82) is 0 Å². The molecule has 1 aromatic carbocycles. The normalized spacial score (nSPS) is 10.6. The molecule has 0 bridgehead atoms. The number of hydrogen-bond acceptors (Lipinski definition) is 3. The summed E-state index contributed by atoms with van der Waals surface area (Å²) in [6.07, 6.45) is 4.75. The number of Topliss-reactive ketones (excluding diaryl/α,β-unsaturated/α-hetero) is 1. The summed E-state index contributed by atoms with van der Waals surface area (Å²) < 4.78 is 1.93. The monoisotopic (exact) mass is 243 g/mol. The van der Waals surface area contributed by atoms with Crippen LogP contribution in [0.2, 0.25) is 0 Å². The van der Waals surface area contributed by atoms with Crippen molar-refractivity contribution in [2.45, 2.75) is 19.8 Å². The van der Waals surface area contributed by atoms with Crippen LogP contribution in [0.3, 0.4) is 0 Å². The minimum atomic E-state index is 0.126. The molecule has 4 heteroatoms. The fraction of sp³-hybridized carbons (Fsp3) is 0.286. The molecule has 0 saturated carbocycles. The number of nitrogen functional groups attached to an aromatic ring is 1. The maximum absolute atomic E-state index is 12.0. The molecule has 0 aliphatic heterocycles. The molecule has 0 aliphatic carbocycles. The highest BCUT2D eigenvalue weighted by Gasteiger charge is 2.09. The van der Waals surface area contributed by atoms with E-state index >= 15 is 0 Å². The Balaban J connectivity index is 2.04. The van der Waals surface area contributed by atoms with Gasteiger partial charge in [0.1, 0.15) is 5.82 Å². The molecule has 0 radical (unpaired) electrons. The molecule has 0 atom stereocenters. The van der Waals surface area contributed by atoms with Gasteiger partial charge in [0.25, 0.3) is 0 Å². The highest BCUT2D eigenvalue weighted by molar-refractivity contribution is 5.96. The number of nitrogens with zero attached hydrogens (tertiary/aromatic N) is 2. The number of imidazole rings is 1. The molecule has 4 nitrogen and oxygen atoms in total. The van der Waals surface area contributed by atoms with Crippen molar-refractivity contribution in [2.75, 3.05) is 5.73 Å². The maximum Gasteiger partial charge on any atom is 0.163 e. The second-order valence-corrected chi connectivity index (χ2v) is 4.45. The minimum absolute atomic E-state index is 0.126. The van der Waals surface area contributed by atoms with E-state index in [-0.39, 0.29) is 5.78 Å². The summed E-state index contributed by atoms with van der Waals surface area (Å²) in [5.41, 5.74) is 8.11. The zero-order valence-corrected chi connectivity index (χ0v) is 10.7. The van der Waals surface area contributed by atoms with E-state index in [0.717, 1.165) is 22.6 Å². The summed E-state index contributed by atoms with van der Waals surface area (Å²) in [5.74, 6) is 1.05. The Morgan fingerprint density at radius 1 is 1.44 bits per heavy atom. The smallest absolute Gasteiger partial charge is 0.163 e. The number of rotatable bonds is 4. The number of anilines is 1. The first-order valence-corrected chi connectivity index (χ1v) is 5.93. The molecule has 0 amide bonds. The number of aromatic nitrogens is 2. The van der Waals surface area contributed by atoms with Crippen molar-refractivity contribution in [3.05, 3.63) is 47.5 Å². The molecule has 0 spiro atoms. The van der Waals surface area contributed by atoms with Crippen LogP contribution < -0.4 is 5.73 Å². The molecule has 2 aromatic rings. The van der Waals surface area contributed by atoms with Gasteiger partial charge in [0.15, 0.2) is 5.78 Å². The molecule has 0 saturated heterocycles. The average molecular weight is 243 g/mol. The zero-order valence-electron chi connectivity index (χ0n) is 10.7. The Bertz CT molecular complexity index is 572. The van der Waals surface area contributed by atoms with Gasteiger partial charge in [-0.25, -0.2) is 4.98 Å². The number of carbonyl (C=O) groups is 1. The van der Waals surface area contributed by atoms with E-state index in [2.05, 4.69) is 4.98 Å². The lowest BCUT2D eigenvalue weighted by atomic mass is 10.0. The number of benzene rings is 1. The predicted octanol–water partition coefficient (Wildman–Crippen LogP) is 2.13. The van der Waals surface area contributed by atoms with E-state index in [9.17, 15) is 4.79 Å². The van der Waals surface area contributed by atoms with Crippen LogP contribution >= 0.6 is 0 Å². The molecule has 94 valence electrons. The van der Waals surface area contributed by atoms with Gasteiger partial charge < -0.3 is 10.3 Å². The average Bonchev–Trinajstić information content (AvgIpc) is 2.75. The van der Waals surface area contributed by atoms with Gasteiger partial charge in [-0.05, 0) is 30.7 Å². The van der Waals surface area contributed by atoms with Crippen LogP contribution in [0.1, 0.15) is 28.2 Å². The summed E-state index contributed by atoms with van der Waals surface area (Å²) >= 11 is 0. The van der Waals surface area contributed by atoms with E-state index < -0.39 is 0 Å². The predicted molar refractivity (Wildman–Crippen MR) is 71.5 cm³/mol. The van der Waals surface area contributed by atoms with Gasteiger partial charge in [-0.2, -0.15) is 0 Å². The summed E-state index contributed by atoms with van der Waals surface area (Å²) in [7, 11) is 1.93. The standard InChI is InChI=1S/C14H17N3O/c1-10-9-11(3-4-12(10)15)13(18)5-6-14-16-7-8-17(14)2/h3-4,7-9H,5-6,15H2,1-2H3. The third kappa shape index (κ3) is 2.59. The van der Waals surface area contributed by atoms with Gasteiger partial charge in [-0.15, -0.1) is 0 Å². The van der Waals surface area contributed by atoms with Crippen LogP contribution in [0, 0.1) is 6.92 Å². The summed E-state index contributed by atoms with van der Waals surface area (Å²) in [6, 6.07) is 5.41. The number of hydrogen-bond donors (Lipinski definition) is 1. The van der Waals surface area contributed by atoms with Crippen molar-refractivity contribution in [1.82, 2.24) is 9.55 Å². The number of nitrogens with two attached hydrogens (primary N) is 1. The second-order valence-electron chi connectivity index (χ2n) is 4.45. The maximum atomic E-state index is 12.0. The van der Waals surface area contributed by atoms with Crippen molar-refractivity contribution in [3.8, 4) is 0 Å². The van der Waals surface area contributed by atoms with Gasteiger partial charge in [-0.1, -0.05) is 0 Å². The molecule has 2 rings (SSSR count). The van der Waals surface area contributed by atoms with Gasteiger partial charge in [0, 0.05) is 43.5 Å². The molecular formula is C14H17N3O. The number of ketones is 1. The van der Waals surface area contributed by atoms with Crippen LogP contribution in [0.4, 0.5) is 5.69 Å². The minimum Gasteiger partial charge on any atom is -0.399 e. The van der Waals surface area contributed by atoms with Crippen molar-refractivity contribution < 1.29 is 4.79 Å². The fourth-order valence-electron chi connectivity index (χ4n) is 1.86. The first-order valence-electron chi connectivity index (χ1n) is 5.93. The van der Waals surface area contributed by atoms with E-state index in [1.54, 1.807) is 18.3 Å². The first kappa shape index (κ1) is 12.4. The van der Waals surface area contributed by atoms with E-state index in [4.69, 9.17) is 5.73 Å². The van der Waals surface area contributed by atoms with Crippen LogP contribution in [0.15, 0.2) is 30.6 Å². The van der Waals surface area contributed by atoms with Gasteiger partial charge in [0.05, 0.1) is 0 Å². The van der Waals surface area contributed by atoms with Gasteiger partial charge in [0.2, 0.25) is 0 Å². The molecule has 18 heavy (non-hydrogen) atoms. The van der Waals surface area contributed by atoms with Crippen LogP contribution in [0.5, 0.6) is 0 Å². The zero-order chi connectivity index (χ0) is 13.1. The fourth-order valence-corrected chi connectivity index (χ4v) is 1.86. The lowest BCUT2D eigenvalue weighted by Crippen LogP contribution is -2.05. The quantitative estimate of drug-likeness (QED) is 0.661. The molecule has 0 aliphatic rings. The van der Waals surface area contributed by atoms with Crippen molar-refractivity contribution in [2.24, 2.45) is 7.05 Å². The third-order valence-corrected chi connectivity index (χ3v) is 3.09. The molecule has 0 unspecified atom stereocenters. The number of carbonyl (C=O) groups excluding carboxylic acids is 1. The Morgan fingerprint density at radius 3 is 2.83 bits per heavy atom. The lowest BCUT2D eigenvalue weighted by Gasteiger charge is -2.05.